The van der Waals surface area contributed by atoms with Gasteiger partial charge in [0, 0.05) is 25.0 Å². The Bertz CT molecular complexity index is 494. The van der Waals surface area contributed by atoms with Crippen molar-refractivity contribution in [1.82, 2.24) is 9.80 Å². The number of carbonyl (C=O) groups is 2. The lowest BCUT2D eigenvalue weighted by Gasteiger charge is -2.22. The molecule has 21 heavy (non-hydrogen) atoms. The second-order valence-electron chi connectivity index (χ2n) is 5.11. The van der Waals surface area contributed by atoms with Crippen LogP contribution in [0.1, 0.15) is 18.4 Å². The fraction of sp³-hybridized carbons (Fsp3) is 0.467. The van der Waals surface area contributed by atoms with E-state index in [-0.39, 0.29) is 18.9 Å². The molecular formula is C15H21ClN2O3. The highest BCUT2D eigenvalue weighted by Gasteiger charge is 2.12. The lowest BCUT2D eigenvalue weighted by Crippen LogP contribution is -2.36. The van der Waals surface area contributed by atoms with Crippen LogP contribution in [-0.2, 0) is 16.1 Å². The van der Waals surface area contributed by atoms with Gasteiger partial charge in [0.2, 0.25) is 5.91 Å². The zero-order chi connectivity index (χ0) is 15.8. The van der Waals surface area contributed by atoms with Gasteiger partial charge in [0.25, 0.3) is 0 Å². The number of hydrogen-bond donors (Lipinski definition) is 1. The van der Waals surface area contributed by atoms with E-state index < -0.39 is 5.97 Å². The highest BCUT2D eigenvalue weighted by atomic mass is 35.5. The third kappa shape index (κ3) is 7.11. The van der Waals surface area contributed by atoms with E-state index in [1.54, 1.807) is 18.0 Å². The van der Waals surface area contributed by atoms with Crippen LogP contribution >= 0.6 is 11.6 Å². The first-order chi connectivity index (χ1) is 9.88. The van der Waals surface area contributed by atoms with E-state index in [1.807, 2.05) is 30.1 Å². The van der Waals surface area contributed by atoms with Gasteiger partial charge in [0.05, 0.1) is 6.54 Å². The molecular weight excluding hydrogens is 292 g/mol. The lowest BCUT2D eigenvalue weighted by molar-refractivity contribution is -0.137. The molecule has 0 bridgehead atoms. The summed E-state index contributed by atoms with van der Waals surface area (Å²) in [6.45, 7) is 1.36. The molecule has 0 radical (unpaired) electrons. The Hall–Kier alpha value is -1.59. The van der Waals surface area contributed by atoms with E-state index in [1.165, 1.54) is 0 Å². The van der Waals surface area contributed by atoms with Crippen molar-refractivity contribution in [3.8, 4) is 0 Å². The molecule has 1 rings (SSSR count). The van der Waals surface area contributed by atoms with E-state index in [0.29, 0.717) is 24.5 Å². The average Bonchev–Trinajstić information content (AvgIpc) is 2.38. The van der Waals surface area contributed by atoms with Crippen LogP contribution in [0.5, 0.6) is 0 Å². The zero-order valence-corrected chi connectivity index (χ0v) is 13.1. The molecule has 0 saturated carbocycles. The number of halogens is 1. The number of carboxylic acid groups (broad SMARTS) is 1. The van der Waals surface area contributed by atoms with Crippen molar-refractivity contribution in [2.24, 2.45) is 0 Å². The SMILES string of the molecule is CN(CCCC(=O)O)CC(=O)N(C)Cc1cccc(Cl)c1. The van der Waals surface area contributed by atoms with Gasteiger partial charge in [-0.05, 0) is 37.7 Å². The van der Waals surface area contributed by atoms with Gasteiger partial charge in [-0.15, -0.1) is 0 Å². The standard InChI is InChI=1S/C15H21ClN2O3/c1-17(8-4-7-15(20)21)11-14(19)18(2)10-12-5-3-6-13(16)9-12/h3,5-6,9H,4,7-8,10-11H2,1-2H3,(H,20,21). The summed E-state index contributed by atoms with van der Waals surface area (Å²) in [6, 6.07) is 7.41. The van der Waals surface area contributed by atoms with Crippen LogP contribution in [0.15, 0.2) is 24.3 Å². The van der Waals surface area contributed by atoms with Gasteiger partial charge in [-0.3, -0.25) is 14.5 Å². The quantitative estimate of drug-likeness (QED) is 0.798. The number of nitrogens with zero attached hydrogens (tertiary/aromatic N) is 2. The summed E-state index contributed by atoms with van der Waals surface area (Å²) in [5, 5.41) is 9.23. The molecule has 0 aromatic heterocycles. The van der Waals surface area contributed by atoms with Crippen molar-refractivity contribution in [2.45, 2.75) is 19.4 Å². The third-order valence-electron chi connectivity index (χ3n) is 3.07. The first-order valence-corrected chi connectivity index (χ1v) is 7.15. The molecule has 0 aliphatic heterocycles. The van der Waals surface area contributed by atoms with E-state index >= 15 is 0 Å². The smallest absolute Gasteiger partial charge is 0.303 e. The van der Waals surface area contributed by atoms with Crippen LogP contribution < -0.4 is 0 Å². The molecule has 0 spiro atoms. The van der Waals surface area contributed by atoms with Crippen LogP contribution in [0.3, 0.4) is 0 Å². The van der Waals surface area contributed by atoms with Gasteiger partial charge in [-0.25, -0.2) is 0 Å². The number of hydrogen-bond acceptors (Lipinski definition) is 3. The minimum absolute atomic E-state index is 0.00667. The van der Waals surface area contributed by atoms with E-state index in [9.17, 15) is 9.59 Å². The Morgan fingerprint density at radius 3 is 2.62 bits per heavy atom. The monoisotopic (exact) mass is 312 g/mol. The molecule has 1 N–H and O–H groups in total. The molecule has 0 saturated heterocycles. The lowest BCUT2D eigenvalue weighted by atomic mass is 10.2. The minimum Gasteiger partial charge on any atom is -0.481 e. The van der Waals surface area contributed by atoms with Gasteiger partial charge in [-0.1, -0.05) is 23.7 Å². The molecule has 0 heterocycles. The third-order valence-corrected chi connectivity index (χ3v) is 3.31. The van der Waals surface area contributed by atoms with Crippen molar-refractivity contribution < 1.29 is 14.7 Å². The number of carboxylic acids is 1. The summed E-state index contributed by atoms with van der Waals surface area (Å²) < 4.78 is 0. The Morgan fingerprint density at radius 1 is 1.29 bits per heavy atom. The number of benzene rings is 1. The summed E-state index contributed by atoms with van der Waals surface area (Å²) >= 11 is 5.92. The molecule has 0 aliphatic rings. The highest BCUT2D eigenvalue weighted by Crippen LogP contribution is 2.12. The number of aliphatic carboxylic acids is 1. The topological polar surface area (TPSA) is 60.9 Å². The number of likely N-dealkylation sites (N-methyl/N-ethyl adjacent to an activating group) is 2. The van der Waals surface area contributed by atoms with Gasteiger partial charge in [-0.2, -0.15) is 0 Å². The summed E-state index contributed by atoms with van der Waals surface area (Å²) in [6.07, 6.45) is 0.661. The molecule has 1 amide bonds. The summed E-state index contributed by atoms with van der Waals surface area (Å²) in [5.41, 5.74) is 0.979. The average molecular weight is 313 g/mol. The Morgan fingerprint density at radius 2 is 2.00 bits per heavy atom. The Labute approximate surface area is 130 Å². The van der Waals surface area contributed by atoms with Gasteiger partial charge in [0.15, 0.2) is 0 Å². The van der Waals surface area contributed by atoms with Crippen molar-refractivity contribution in [1.29, 1.82) is 0 Å². The van der Waals surface area contributed by atoms with E-state index in [0.717, 1.165) is 5.56 Å². The molecule has 5 nitrogen and oxygen atoms in total. The fourth-order valence-electron chi connectivity index (χ4n) is 1.93. The second-order valence-corrected chi connectivity index (χ2v) is 5.55. The summed E-state index contributed by atoms with van der Waals surface area (Å²) in [7, 11) is 3.56. The zero-order valence-electron chi connectivity index (χ0n) is 12.4. The van der Waals surface area contributed by atoms with Gasteiger partial charge >= 0.3 is 5.97 Å². The minimum atomic E-state index is -0.812. The van der Waals surface area contributed by atoms with Crippen LogP contribution in [-0.4, -0.2) is 54.0 Å². The fourth-order valence-corrected chi connectivity index (χ4v) is 2.14. The van der Waals surface area contributed by atoms with Crippen molar-refractivity contribution in [2.75, 3.05) is 27.2 Å². The second kappa shape index (κ2) is 8.64. The molecule has 0 unspecified atom stereocenters. The maximum absolute atomic E-state index is 12.1. The van der Waals surface area contributed by atoms with Gasteiger partial charge in [0.1, 0.15) is 0 Å². The van der Waals surface area contributed by atoms with Crippen molar-refractivity contribution in [3.05, 3.63) is 34.9 Å². The van der Waals surface area contributed by atoms with Gasteiger partial charge < -0.3 is 10.0 Å². The highest BCUT2D eigenvalue weighted by molar-refractivity contribution is 6.30. The maximum atomic E-state index is 12.1. The predicted molar refractivity (Wildman–Crippen MR) is 82.3 cm³/mol. The first kappa shape index (κ1) is 17.5. The predicted octanol–water partition coefficient (Wildman–Crippen LogP) is 2.09. The van der Waals surface area contributed by atoms with Crippen molar-refractivity contribution >= 4 is 23.5 Å². The van der Waals surface area contributed by atoms with Crippen LogP contribution in [0.4, 0.5) is 0 Å². The number of rotatable bonds is 8. The first-order valence-electron chi connectivity index (χ1n) is 6.77. The molecule has 0 aliphatic carbocycles. The molecule has 0 fully saturated rings. The van der Waals surface area contributed by atoms with E-state index in [4.69, 9.17) is 16.7 Å². The maximum Gasteiger partial charge on any atom is 0.303 e. The molecule has 116 valence electrons. The van der Waals surface area contributed by atoms with E-state index in [2.05, 4.69) is 0 Å². The Kier molecular flexibility index (Phi) is 7.19. The summed E-state index contributed by atoms with van der Waals surface area (Å²) in [4.78, 5) is 26.0. The molecule has 1 aromatic carbocycles. The largest absolute Gasteiger partial charge is 0.481 e. The van der Waals surface area contributed by atoms with Crippen molar-refractivity contribution in [3.63, 3.8) is 0 Å². The molecule has 0 atom stereocenters. The normalized spacial score (nSPS) is 10.7. The number of carbonyl (C=O) groups excluding carboxylic acids is 1. The molecule has 1 aromatic rings. The van der Waals surface area contributed by atoms with Crippen LogP contribution in [0.25, 0.3) is 0 Å². The Balaban J connectivity index is 2.38. The van der Waals surface area contributed by atoms with Crippen LogP contribution in [0, 0.1) is 0 Å². The number of amides is 1. The summed E-state index contributed by atoms with van der Waals surface area (Å²) in [5.74, 6) is -0.819. The molecule has 6 heteroatoms. The van der Waals surface area contributed by atoms with Crippen LogP contribution in [0.2, 0.25) is 5.02 Å².